The van der Waals surface area contributed by atoms with Gasteiger partial charge in [0.2, 0.25) is 0 Å². The molecule has 0 bridgehead atoms. The van der Waals surface area contributed by atoms with Crippen LogP contribution in [-0.2, 0) is 21.6 Å². The molecule has 1 aromatic rings. The number of rotatable bonds is 3. The Morgan fingerprint density at radius 3 is 3.20 bits per heavy atom. The number of hydrogen-bond acceptors (Lipinski definition) is 6. The zero-order valence-electron chi connectivity index (χ0n) is 7.96. The molecule has 1 aliphatic heterocycles. The summed E-state index contributed by atoms with van der Waals surface area (Å²) in [5, 5.41) is 0. The van der Waals surface area contributed by atoms with Crippen LogP contribution in [0.15, 0.2) is 12.3 Å². The Labute approximate surface area is 89.6 Å². The van der Waals surface area contributed by atoms with Crippen molar-refractivity contribution in [2.45, 2.75) is 5.75 Å². The van der Waals surface area contributed by atoms with Crippen molar-refractivity contribution >= 4 is 16.9 Å². The molecule has 6 nitrogen and oxygen atoms in total. The van der Waals surface area contributed by atoms with E-state index < -0.39 is 11.1 Å². The van der Waals surface area contributed by atoms with Crippen LogP contribution in [0.4, 0.5) is 5.82 Å². The summed E-state index contributed by atoms with van der Waals surface area (Å²) in [4.78, 5) is 9.95. The van der Waals surface area contributed by atoms with E-state index in [1.807, 2.05) is 4.90 Å². The van der Waals surface area contributed by atoms with E-state index in [4.69, 9.17) is 4.74 Å². The SMILES string of the molecule is O=S([O-])Cc1nccc(N2CCOC2)n1. The molecule has 0 spiro atoms. The molecule has 0 radical (unpaired) electrons. The van der Waals surface area contributed by atoms with Crippen molar-refractivity contribution in [3.8, 4) is 0 Å². The average molecular weight is 228 g/mol. The van der Waals surface area contributed by atoms with Crippen LogP contribution in [0.1, 0.15) is 5.82 Å². The third-order valence-electron chi connectivity index (χ3n) is 2.01. The Bertz CT molecular complexity index is 368. The van der Waals surface area contributed by atoms with Crippen LogP contribution in [0.25, 0.3) is 0 Å². The van der Waals surface area contributed by atoms with Gasteiger partial charge < -0.3 is 14.2 Å². The van der Waals surface area contributed by atoms with Crippen LogP contribution in [0, 0.1) is 0 Å². The Kier molecular flexibility index (Phi) is 3.24. The highest BCUT2D eigenvalue weighted by atomic mass is 32.2. The predicted octanol–water partition coefficient (Wildman–Crippen LogP) is -0.350. The predicted molar refractivity (Wildman–Crippen MR) is 52.8 cm³/mol. The molecular weight excluding hydrogens is 218 g/mol. The van der Waals surface area contributed by atoms with Gasteiger partial charge in [-0.2, -0.15) is 0 Å². The molecular formula is C8H10N3O3S-. The maximum Gasteiger partial charge on any atom is 0.141 e. The highest BCUT2D eigenvalue weighted by Crippen LogP contribution is 2.13. The van der Waals surface area contributed by atoms with Gasteiger partial charge in [-0.25, -0.2) is 9.97 Å². The lowest BCUT2D eigenvalue weighted by Crippen LogP contribution is -2.20. The highest BCUT2D eigenvalue weighted by molar-refractivity contribution is 7.78. The van der Waals surface area contributed by atoms with Crippen LogP contribution in [-0.4, -0.2) is 38.6 Å². The summed E-state index contributed by atoms with van der Waals surface area (Å²) in [6, 6.07) is 1.74. The minimum Gasteiger partial charge on any atom is -0.772 e. The second-order valence-corrected chi connectivity index (χ2v) is 3.98. The molecule has 15 heavy (non-hydrogen) atoms. The number of ether oxygens (including phenoxy) is 1. The van der Waals surface area contributed by atoms with Crippen LogP contribution in [0.2, 0.25) is 0 Å². The summed E-state index contributed by atoms with van der Waals surface area (Å²) in [6.07, 6.45) is 1.56. The van der Waals surface area contributed by atoms with Gasteiger partial charge in [-0.1, -0.05) is 0 Å². The summed E-state index contributed by atoms with van der Waals surface area (Å²) in [6.45, 7) is 1.95. The molecule has 0 N–H and O–H groups in total. The standard InChI is InChI=1S/C8H11N3O3S/c12-15(13)5-7-9-2-1-8(10-7)11-3-4-14-6-11/h1-2H,3-6H2,(H,12,13)/p-1. The van der Waals surface area contributed by atoms with E-state index in [0.717, 1.165) is 6.54 Å². The first-order valence-corrected chi connectivity index (χ1v) is 5.70. The van der Waals surface area contributed by atoms with Crippen LogP contribution >= 0.6 is 0 Å². The number of aromatic nitrogens is 2. The van der Waals surface area contributed by atoms with E-state index in [-0.39, 0.29) is 5.75 Å². The van der Waals surface area contributed by atoms with E-state index >= 15 is 0 Å². The van der Waals surface area contributed by atoms with Crippen LogP contribution in [0.3, 0.4) is 0 Å². The van der Waals surface area contributed by atoms with Crippen molar-refractivity contribution in [2.24, 2.45) is 0 Å². The fraction of sp³-hybridized carbons (Fsp3) is 0.500. The van der Waals surface area contributed by atoms with Gasteiger partial charge in [-0.15, -0.1) is 0 Å². The molecule has 1 aliphatic rings. The molecule has 1 atom stereocenters. The molecule has 82 valence electrons. The summed E-state index contributed by atoms with van der Waals surface area (Å²) in [5.41, 5.74) is 0. The lowest BCUT2D eigenvalue weighted by atomic mass is 10.5. The van der Waals surface area contributed by atoms with Gasteiger partial charge in [0.25, 0.3) is 0 Å². The van der Waals surface area contributed by atoms with E-state index in [1.165, 1.54) is 0 Å². The molecule has 7 heteroatoms. The second kappa shape index (κ2) is 4.65. The van der Waals surface area contributed by atoms with Crippen molar-refractivity contribution in [1.29, 1.82) is 0 Å². The minimum absolute atomic E-state index is 0.150. The Morgan fingerprint density at radius 1 is 1.67 bits per heavy atom. The van der Waals surface area contributed by atoms with E-state index in [9.17, 15) is 8.76 Å². The van der Waals surface area contributed by atoms with E-state index in [2.05, 4.69) is 9.97 Å². The van der Waals surface area contributed by atoms with Crippen LogP contribution < -0.4 is 4.90 Å². The van der Waals surface area contributed by atoms with Gasteiger partial charge in [-0.05, 0) is 17.1 Å². The summed E-state index contributed by atoms with van der Waals surface area (Å²) in [5.74, 6) is 0.874. The first kappa shape index (κ1) is 10.5. The lowest BCUT2D eigenvalue weighted by molar-refractivity contribution is 0.201. The topological polar surface area (TPSA) is 78.4 Å². The quantitative estimate of drug-likeness (QED) is 0.658. The van der Waals surface area contributed by atoms with Gasteiger partial charge in [0.15, 0.2) is 0 Å². The van der Waals surface area contributed by atoms with Gasteiger partial charge in [0, 0.05) is 12.7 Å². The number of anilines is 1. The second-order valence-electron chi connectivity index (χ2n) is 3.08. The molecule has 0 aromatic carbocycles. The van der Waals surface area contributed by atoms with Gasteiger partial charge in [-0.3, -0.25) is 4.21 Å². The first-order chi connectivity index (χ1) is 7.25. The lowest BCUT2D eigenvalue weighted by Gasteiger charge is -2.14. The molecule has 2 heterocycles. The third kappa shape index (κ3) is 2.71. The highest BCUT2D eigenvalue weighted by Gasteiger charge is 2.14. The maximum absolute atomic E-state index is 10.5. The molecule has 0 aliphatic carbocycles. The normalized spacial score (nSPS) is 18.1. The minimum atomic E-state index is -2.15. The summed E-state index contributed by atoms with van der Waals surface area (Å²) < 4.78 is 26.1. The molecule has 1 unspecified atom stereocenters. The van der Waals surface area contributed by atoms with Crippen molar-refractivity contribution in [3.63, 3.8) is 0 Å². The van der Waals surface area contributed by atoms with Crippen molar-refractivity contribution in [1.82, 2.24) is 9.97 Å². The fourth-order valence-corrected chi connectivity index (χ4v) is 1.68. The van der Waals surface area contributed by atoms with Crippen molar-refractivity contribution < 1.29 is 13.5 Å². The third-order valence-corrected chi connectivity index (χ3v) is 2.51. The zero-order valence-corrected chi connectivity index (χ0v) is 8.77. The summed E-state index contributed by atoms with van der Waals surface area (Å²) in [7, 11) is 0. The molecule has 1 fully saturated rings. The first-order valence-electron chi connectivity index (χ1n) is 4.46. The molecule has 1 saturated heterocycles. The Morgan fingerprint density at radius 2 is 2.53 bits per heavy atom. The maximum atomic E-state index is 10.5. The fourth-order valence-electron chi connectivity index (χ4n) is 1.33. The van der Waals surface area contributed by atoms with E-state index in [1.54, 1.807) is 12.3 Å². The van der Waals surface area contributed by atoms with Crippen LogP contribution in [0.5, 0.6) is 0 Å². The van der Waals surface area contributed by atoms with Gasteiger partial charge >= 0.3 is 0 Å². The molecule has 0 amide bonds. The van der Waals surface area contributed by atoms with Crippen molar-refractivity contribution in [3.05, 3.63) is 18.1 Å². The van der Waals surface area contributed by atoms with Gasteiger partial charge in [0.1, 0.15) is 18.4 Å². The average Bonchev–Trinajstić information content (AvgIpc) is 2.69. The van der Waals surface area contributed by atoms with Gasteiger partial charge in [0.05, 0.1) is 12.4 Å². The zero-order chi connectivity index (χ0) is 10.7. The number of nitrogens with zero attached hydrogens (tertiary/aromatic N) is 3. The molecule has 2 rings (SSSR count). The number of hydrogen-bond donors (Lipinski definition) is 0. The van der Waals surface area contributed by atoms with E-state index in [0.29, 0.717) is 25.0 Å². The molecule has 1 aromatic heterocycles. The molecule has 0 saturated carbocycles. The Balaban J connectivity index is 2.14. The largest absolute Gasteiger partial charge is 0.772 e. The summed E-state index contributed by atoms with van der Waals surface area (Å²) >= 11 is -2.15. The Hall–Kier alpha value is -1.05. The monoisotopic (exact) mass is 228 g/mol. The van der Waals surface area contributed by atoms with Crippen molar-refractivity contribution in [2.75, 3.05) is 24.8 Å². The smallest absolute Gasteiger partial charge is 0.141 e.